The van der Waals surface area contributed by atoms with Crippen LogP contribution in [0.1, 0.15) is 41.7 Å². The van der Waals surface area contributed by atoms with E-state index in [9.17, 15) is 4.79 Å². The van der Waals surface area contributed by atoms with Crippen molar-refractivity contribution in [1.29, 1.82) is 0 Å². The molecule has 0 N–H and O–H groups in total. The van der Waals surface area contributed by atoms with Crippen molar-refractivity contribution in [3.8, 4) is 23.1 Å². The molecule has 11 heteroatoms. The first-order valence-corrected chi connectivity index (χ1v) is 18.1. The number of carbonyl (C=O) groups excluding carboxylic acids is 1. The largest absolute Gasteiger partial charge is 0.494 e. The lowest BCUT2D eigenvalue weighted by Gasteiger charge is -2.52. The number of ether oxygens (including phenoxy) is 2. The van der Waals surface area contributed by atoms with Gasteiger partial charge in [0.15, 0.2) is 5.82 Å². The van der Waals surface area contributed by atoms with Gasteiger partial charge in [-0.25, -0.2) is 4.98 Å². The zero-order valence-electron chi connectivity index (χ0n) is 28.8. The third-order valence-corrected chi connectivity index (χ3v) is 12.1. The first-order valence-electron chi connectivity index (χ1n) is 18.1. The number of nitrogens with zero attached hydrogens (tertiary/aromatic N) is 8. The number of pyridine rings is 2. The van der Waals surface area contributed by atoms with E-state index in [0.29, 0.717) is 41.0 Å². The van der Waals surface area contributed by atoms with Gasteiger partial charge in [-0.1, -0.05) is 0 Å². The zero-order valence-corrected chi connectivity index (χ0v) is 28.8. The second-order valence-corrected chi connectivity index (χ2v) is 15.1. The van der Waals surface area contributed by atoms with E-state index in [0.717, 1.165) is 95.9 Å². The van der Waals surface area contributed by atoms with Crippen molar-refractivity contribution in [2.75, 3.05) is 45.8 Å². The first kappa shape index (κ1) is 29.9. The van der Waals surface area contributed by atoms with Crippen molar-refractivity contribution >= 4 is 39.9 Å². The number of hydrogen-bond donors (Lipinski definition) is 0. The lowest BCUT2D eigenvalue weighted by atomic mass is 9.53. The number of benzene rings is 1. The molecule has 6 heterocycles. The highest BCUT2D eigenvalue weighted by Gasteiger charge is 2.61. The van der Waals surface area contributed by atoms with E-state index in [1.165, 1.54) is 19.3 Å². The normalized spacial score (nSPS) is 24.1. The maximum absolute atomic E-state index is 14.1. The molecule has 256 valence electrons. The first-order chi connectivity index (χ1) is 24.5. The van der Waals surface area contributed by atoms with Crippen molar-refractivity contribution in [2.45, 2.75) is 44.8 Å². The molecule has 3 unspecified atom stereocenters. The average Bonchev–Trinajstić information content (AvgIpc) is 3.76. The summed E-state index contributed by atoms with van der Waals surface area (Å²) in [5.74, 6) is 5.49. The molecule has 2 saturated heterocycles. The minimum atomic E-state index is 0.107. The Labute approximate surface area is 290 Å². The van der Waals surface area contributed by atoms with Crippen LogP contribution < -0.4 is 14.4 Å². The minimum Gasteiger partial charge on any atom is -0.494 e. The van der Waals surface area contributed by atoms with Crippen LogP contribution in [-0.2, 0) is 13.1 Å². The summed E-state index contributed by atoms with van der Waals surface area (Å²) >= 11 is 0. The van der Waals surface area contributed by atoms with Gasteiger partial charge >= 0.3 is 0 Å². The Morgan fingerprint density at radius 3 is 2.58 bits per heavy atom. The summed E-state index contributed by atoms with van der Waals surface area (Å²) in [6, 6.07) is 14.7. The van der Waals surface area contributed by atoms with Crippen LogP contribution in [-0.4, -0.2) is 88.1 Å². The van der Waals surface area contributed by atoms with E-state index < -0.39 is 0 Å². The monoisotopic (exact) mass is 670 g/mol. The maximum atomic E-state index is 14.1. The summed E-state index contributed by atoms with van der Waals surface area (Å²) in [5, 5.41) is 1.06. The number of imidazole rings is 1. The smallest absolute Gasteiger partial charge is 0.254 e. The highest BCUT2D eigenvalue weighted by Crippen LogP contribution is 2.61. The van der Waals surface area contributed by atoms with Crippen molar-refractivity contribution in [2.24, 2.45) is 34.6 Å². The van der Waals surface area contributed by atoms with Crippen LogP contribution in [0.15, 0.2) is 53.7 Å². The molecule has 1 aromatic carbocycles. The quantitative estimate of drug-likeness (QED) is 0.180. The molecule has 5 fully saturated rings. The van der Waals surface area contributed by atoms with Gasteiger partial charge in [0, 0.05) is 81.2 Å². The van der Waals surface area contributed by atoms with E-state index in [2.05, 4.69) is 47.1 Å². The van der Waals surface area contributed by atoms with Crippen molar-refractivity contribution in [3.63, 3.8) is 0 Å². The molecule has 5 aromatic rings. The van der Waals surface area contributed by atoms with Crippen molar-refractivity contribution in [1.82, 2.24) is 29.0 Å². The number of amides is 1. The van der Waals surface area contributed by atoms with Crippen LogP contribution in [0, 0.1) is 29.6 Å². The Bertz CT molecular complexity index is 2190. The van der Waals surface area contributed by atoms with E-state index in [-0.39, 0.29) is 5.91 Å². The molecule has 4 atom stereocenters. The molecule has 0 bridgehead atoms. The SMILES string of the molecule is C/N=C/c1ncccc1N1CC(Cn2c(-c3cc4ccc(OC)nc4n3CC3CC3)nc3cc(C(=O)N4CC5CC6CC4[C@H]65)cc(OC)c32)C1. The lowest BCUT2D eigenvalue weighted by Crippen LogP contribution is -2.53. The van der Waals surface area contributed by atoms with Crippen LogP contribution >= 0.6 is 0 Å². The topological polar surface area (TPSA) is 103 Å². The van der Waals surface area contributed by atoms with Gasteiger partial charge in [0.2, 0.25) is 5.88 Å². The van der Waals surface area contributed by atoms with E-state index >= 15 is 0 Å². The fourth-order valence-electron chi connectivity index (χ4n) is 9.44. The van der Waals surface area contributed by atoms with Gasteiger partial charge in [-0.2, -0.15) is 4.98 Å². The van der Waals surface area contributed by atoms with Crippen LogP contribution in [0.3, 0.4) is 0 Å². The molecule has 0 radical (unpaired) electrons. The Hall–Kier alpha value is -4.93. The van der Waals surface area contributed by atoms with Gasteiger partial charge in [0.25, 0.3) is 5.91 Å². The summed E-state index contributed by atoms with van der Waals surface area (Å²) in [5.41, 5.74) is 6.30. The summed E-state index contributed by atoms with van der Waals surface area (Å²) in [6.07, 6.45) is 8.51. The predicted molar refractivity (Wildman–Crippen MR) is 192 cm³/mol. The molecule has 3 aliphatic carbocycles. The number of aliphatic imine (C=N–C) groups is 1. The molecule has 4 aromatic heterocycles. The van der Waals surface area contributed by atoms with Crippen molar-refractivity contribution in [3.05, 3.63) is 59.9 Å². The van der Waals surface area contributed by atoms with Gasteiger partial charge in [-0.15, -0.1) is 0 Å². The van der Waals surface area contributed by atoms with Gasteiger partial charge < -0.3 is 28.4 Å². The molecular weight excluding hydrogens is 628 g/mol. The molecule has 5 aliphatic rings. The number of hydrogen-bond acceptors (Lipinski definition) is 8. The standard InChI is InChI=1S/C39H42N8O3/c1-40-16-29-30(5-4-10-41-29)44-17-23(18-44)20-47-36-28(12-26(15-33(36)49-2)39(48)46-21-27-11-25-14-31(46)35(25)27)42-38(47)32-13-24-8-9-34(50-3)43-37(24)45(32)19-22-6-7-22/h4-5,8-10,12-13,15-16,22-23,25,27,31,35H,6-7,11,14,17-21H2,1-3H3/b40-16+/t25?,27?,31?,35-/m1/s1. The van der Waals surface area contributed by atoms with E-state index in [4.69, 9.17) is 19.4 Å². The summed E-state index contributed by atoms with van der Waals surface area (Å²) in [6.45, 7) is 4.28. The fraction of sp³-hybridized carbons (Fsp3) is 0.462. The molecule has 3 saturated carbocycles. The van der Waals surface area contributed by atoms with Crippen LogP contribution in [0.5, 0.6) is 11.6 Å². The molecular formula is C39H42N8O3. The Kier molecular flexibility index (Phi) is 6.76. The summed E-state index contributed by atoms with van der Waals surface area (Å²) in [4.78, 5) is 37.7. The van der Waals surface area contributed by atoms with Crippen molar-refractivity contribution < 1.29 is 14.3 Å². The van der Waals surface area contributed by atoms with Gasteiger partial charge in [-0.3, -0.25) is 14.8 Å². The second kappa shape index (κ2) is 11.3. The number of fused-ring (bicyclic) bond motifs is 2. The molecule has 11 nitrogen and oxygen atoms in total. The highest BCUT2D eigenvalue weighted by atomic mass is 16.5. The maximum Gasteiger partial charge on any atom is 0.254 e. The van der Waals surface area contributed by atoms with Crippen LogP contribution in [0.4, 0.5) is 5.69 Å². The minimum absolute atomic E-state index is 0.107. The second-order valence-electron chi connectivity index (χ2n) is 15.1. The average molecular weight is 671 g/mol. The fourth-order valence-corrected chi connectivity index (χ4v) is 9.44. The van der Waals surface area contributed by atoms with Crippen LogP contribution in [0.25, 0.3) is 33.6 Å². The zero-order chi connectivity index (χ0) is 33.7. The number of likely N-dealkylation sites (tertiary alicyclic amines) is 1. The van der Waals surface area contributed by atoms with Gasteiger partial charge in [0.1, 0.15) is 22.6 Å². The number of rotatable bonds is 10. The summed E-state index contributed by atoms with van der Waals surface area (Å²) in [7, 11) is 5.15. The molecule has 10 rings (SSSR count). The molecule has 1 amide bonds. The molecule has 2 aliphatic heterocycles. The lowest BCUT2D eigenvalue weighted by molar-refractivity contribution is -0.0204. The third kappa shape index (κ3) is 4.58. The van der Waals surface area contributed by atoms with E-state index in [1.807, 2.05) is 36.7 Å². The Morgan fingerprint density at radius 1 is 0.960 bits per heavy atom. The number of methoxy groups -OCH3 is 2. The number of anilines is 1. The molecule has 50 heavy (non-hydrogen) atoms. The number of carbonyl (C=O) groups is 1. The third-order valence-electron chi connectivity index (χ3n) is 12.1. The van der Waals surface area contributed by atoms with Crippen LogP contribution in [0.2, 0.25) is 0 Å². The highest BCUT2D eigenvalue weighted by molar-refractivity contribution is 6.00. The van der Waals surface area contributed by atoms with E-state index in [1.54, 1.807) is 21.3 Å². The molecule has 0 spiro atoms. The van der Waals surface area contributed by atoms with Gasteiger partial charge in [-0.05, 0) is 85.8 Å². The Balaban J connectivity index is 1.07. The predicted octanol–water partition coefficient (Wildman–Crippen LogP) is 5.54. The Morgan fingerprint density at radius 2 is 1.82 bits per heavy atom. The van der Waals surface area contributed by atoms with Gasteiger partial charge in [0.05, 0.1) is 31.1 Å². The number of aromatic nitrogens is 5. The summed E-state index contributed by atoms with van der Waals surface area (Å²) < 4.78 is 16.3.